The first-order valence-corrected chi connectivity index (χ1v) is 8.46. The molecule has 0 atom stereocenters. The van der Waals surface area contributed by atoms with Gasteiger partial charge in [0.25, 0.3) is 0 Å². The Morgan fingerprint density at radius 2 is 2.00 bits per heavy atom. The predicted octanol–water partition coefficient (Wildman–Crippen LogP) is -0.298. The maximum atomic E-state index is 12.8. The van der Waals surface area contributed by atoms with Crippen molar-refractivity contribution >= 4 is 27.0 Å². The third-order valence-electron chi connectivity index (χ3n) is 3.73. The van der Waals surface area contributed by atoms with Gasteiger partial charge in [0, 0.05) is 33.3 Å². The average molecular weight is 340 g/mol. The lowest BCUT2D eigenvalue weighted by Crippen LogP contribution is -2.51. The average Bonchev–Trinajstić information content (AvgIpc) is 3.03. The minimum atomic E-state index is -3.72. The molecule has 0 aliphatic carbocycles. The lowest BCUT2D eigenvalue weighted by Gasteiger charge is -2.33. The van der Waals surface area contributed by atoms with Crippen molar-refractivity contribution in [2.75, 3.05) is 39.9 Å². The first-order chi connectivity index (χ1) is 11.0. The van der Waals surface area contributed by atoms with E-state index in [1.807, 2.05) is 0 Å². The predicted molar refractivity (Wildman–Crippen MR) is 79.0 cm³/mol. The first kappa shape index (κ1) is 15.8. The lowest BCUT2D eigenvalue weighted by atomic mass is 10.3. The fraction of sp³-hybridized carbons (Fsp3) is 0.462. The molecule has 10 heteroatoms. The second-order valence-electron chi connectivity index (χ2n) is 5.11. The van der Waals surface area contributed by atoms with Gasteiger partial charge in [-0.3, -0.25) is 4.79 Å². The largest absolute Gasteiger partial charge is 0.375 e. The fourth-order valence-corrected chi connectivity index (χ4v) is 4.08. The Kier molecular flexibility index (Phi) is 4.28. The van der Waals surface area contributed by atoms with E-state index in [-0.39, 0.29) is 36.0 Å². The van der Waals surface area contributed by atoms with E-state index in [2.05, 4.69) is 14.9 Å². The molecular weight excluding hydrogens is 324 g/mol. The number of sulfonamides is 1. The number of benzene rings is 1. The van der Waals surface area contributed by atoms with Crippen LogP contribution in [0.4, 0.5) is 0 Å². The van der Waals surface area contributed by atoms with Crippen LogP contribution in [0, 0.1) is 0 Å². The zero-order chi connectivity index (χ0) is 16.4. The number of piperazine rings is 1. The van der Waals surface area contributed by atoms with Gasteiger partial charge < -0.3 is 9.64 Å². The highest BCUT2D eigenvalue weighted by Crippen LogP contribution is 2.24. The van der Waals surface area contributed by atoms with Crippen LogP contribution in [0.3, 0.4) is 0 Å². The summed E-state index contributed by atoms with van der Waals surface area (Å²) < 4.78 is 36.3. The van der Waals surface area contributed by atoms with Crippen molar-refractivity contribution in [1.29, 1.82) is 0 Å². The highest BCUT2D eigenvalue weighted by molar-refractivity contribution is 7.89. The minimum absolute atomic E-state index is 0.00331. The highest BCUT2D eigenvalue weighted by Gasteiger charge is 2.32. The van der Waals surface area contributed by atoms with Crippen LogP contribution in [0.15, 0.2) is 27.7 Å². The number of hydrogen-bond acceptors (Lipinski definition) is 7. The first-order valence-electron chi connectivity index (χ1n) is 7.02. The summed E-state index contributed by atoms with van der Waals surface area (Å²) in [5.74, 6) is -0.146. The Morgan fingerprint density at radius 1 is 1.26 bits per heavy atom. The molecule has 0 N–H and O–H groups in total. The molecule has 124 valence electrons. The SMILES string of the molecule is COCC(=O)N1CCN(S(=O)(=O)c2cccc3nonc23)CC1. The number of nitrogens with zero attached hydrogens (tertiary/aromatic N) is 4. The number of fused-ring (bicyclic) bond motifs is 1. The molecule has 1 aromatic carbocycles. The van der Waals surface area contributed by atoms with Gasteiger partial charge >= 0.3 is 0 Å². The number of methoxy groups -OCH3 is 1. The summed E-state index contributed by atoms with van der Waals surface area (Å²) in [6.07, 6.45) is 0. The number of amides is 1. The van der Waals surface area contributed by atoms with Gasteiger partial charge in [0.1, 0.15) is 17.0 Å². The smallest absolute Gasteiger partial charge is 0.248 e. The summed E-state index contributed by atoms with van der Waals surface area (Å²) in [6, 6.07) is 4.70. The molecule has 0 spiro atoms. The minimum Gasteiger partial charge on any atom is -0.375 e. The number of carbonyl (C=O) groups excluding carboxylic acids is 1. The maximum absolute atomic E-state index is 12.8. The van der Waals surface area contributed by atoms with E-state index in [0.29, 0.717) is 18.6 Å². The van der Waals surface area contributed by atoms with Crippen molar-refractivity contribution < 1.29 is 22.6 Å². The molecule has 1 fully saturated rings. The molecule has 3 rings (SSSR count). The highest BCUT2D eigenvalue weighted by atomic mass is 32.2. The Bertz CT molecular complexity index is 811. The summed E-state index contributed by atoms with van der Waals surface area (Å²) >= 11 is 0. The molecule has 1 aliphatic rings. The van der Waals surface area contributed by atoms with E-state index in [1.54, 1.807) is 17.0 Å². The van der Waals surface area contributed by atoms with Crippen molar-refractivity contribution in [3.63, 3.8) is 0 Å². The van der Waals surface area contributed by atoms with Crippen LogP contribution in [0.1, 0.15) is 0 Å². The van der Waals surface area contributed by atoms with Gasteiger partial charge in [0.15, 0.2) is 5.52 Å². The normalized spacial score (nSPS) is 16.8. The van der Waals surface area contributed by atoms with Gasteiger partial charge in [-0.2, -0.15) is 4.31 Å². The third kappa shape index (κ3) is 2.92. The van der Waals surface area contributed by atoms with Crippen LogP contribution < -0.4 is 0 Å². The van der Waals surface area contributed by atoms with Gasteiger partial charge in [-0.05, 0) is 22.4 Å². The van der Waals surface area contributed by atoms with Gasteiger partial charge in [-0.25, -0.2) is 13.0 Å². The van der Waals surface area contributed by atoms with E-state index < -0.39 is 10.0 Å². The Hall–Kier alpha value is -2.04. The van der Waals surface area contributed by atoms with Gasteiger partial charge in [0.05, 0.1) is 0 Å². The number of carbonyl (C=O) groups is 1. The molecule has 0 radical (unpaired) electrons. The molecule has 1 aromatic heterocycles. The zero-order valence-electron chi connectivity index (χ0n) is 12.5. The van der Waals surface area contributed by atoms with Crippen molar-refractivity contribution in [2.45, 2.75) is 4.90 Å². The summed E-state index contributed by atoms with van der Waals surface area (Å²) in [6.45, 7) is 1.10. The van der Waals surface area contributed by atoms with Crippen LogP contribution in [0.2, 0.25) is 0 Å². The molecule has 1 amide bonds. The van der Waals surface area contributed by atoms with E-state index in [9.17, 15) is 13.2 Å². The number of rotatable bonds is 4. The van der Waals surface area contributed by atoms with Crippen LogP contribution in [0.25, 0.3) is 11.0 Å². The molecule has 0 bridgehead atoms. The molecule has 0 saturated carbocycles. The summed E-state index contributed by atoms with van der Waals surface area (Å²) in [5, 5.41) is 7.33. The summed E-state index contributed by atoms with van der Waals surface area (Å²) in [7, 11) is -2.27. The van der Waals surface area contributed by atoms with Crippen LogP contribution in [-0.2, 0) is 19.6 Å². The van der Waals surface area contributed by atoms with Crippen molar-refractivity contribution in [2.24, 2.45) is 0 Å². The molecule has 1 aliphatic heterocycles. The quantitative estimate of drug-likeness (QED) is 0.752. The van der Waals surface area contributed by atoms with Crippen LogP contribution >= 0.6 is 0 Å². The number of aromatic nitrogens is 2. The van der Waals surface area contributed by atoms with E-state index in [0.717, 1.165) is 0 Å². The van der Waals surface area contributed by atoms with Crippen molar-refractivity contribution in [1.82, 2.24) is 19.5 Å². The van der Waals surface area contributed by atoms with E-state index >= 15 is 0 Å². The van der Waals surface area contributed by atoms with Crippen LogP contribution in [0.5, 0.6) is 0 Å². The Morgan fingerprint density at radius 3 is 2.70 bits per heavy atom. The second-order valence-corrected chi connectivity index (χ2v) is 7.01. The standard InChI is InChI=1S/C13H16N4O5S/c1-21-9-12(18)16-5-7-17(8-6-16)23(19,20)11-4-2-3-10-13(11)15-22-14-10/h2-4H,5-9H2,1H3. The molecular formula is C13H16N4O5S. The van der Waals surface area contributed by atoms with Gasteiger partial charge in [-0.1, -0.05) is 6.07 Å². The van der Waals surface area contributed by atoms with Crippen molar-refractivity contribution in [3.8, 4) is 0 Å². The lowest BCUT2D eigenvalue weighted by molar-refractivity contribution is -0.136. The molecule has 23 heavy (non-hydrogen) atoms. The summed E-state index contributed by atoms with van der Waals surface area (Å²) in [5.41, 5.74) is 0.602. The maximum Gasteiger partial charge on any atom is 0.248 e. The fourth-order valence-electron chi connectivity index (χ4n) is 2.52. The zero-order valence-corrected chi connectivity index (χ0v) is 13.3. The van der Waals surface area contributed by atoms with E-state index in [4.69, 9.17) is 4.74 Å². The topological polar surface area (TPSA) is 106 Å². The third-order valence-corrected chi connectivity index (χ3v) is 5.66. The molecule has 1 saturated heterocycles. The molecule has 0 unspecified atom stereocenters. The van der Waals surface area contributed by atoms with Gasteiger partial charge in [0.2, 0.25) is 15.9 Å². The van der Waals surface area contributed by atoms with Crippen LogP contribution in [-0.4, -0.2) is 73.7 Å². The van der Waals surface area contributed by atoms with E-state index in [1.165, 1.54) is 17.5 Å². The Labute approximate surface area is 132 Å². The number of hydrogen-bond donors (Lipinski definition) is 0. The van der Waals surface area contributed by atoms with Crippen molar-refractivity contribution in [3.05, 3.63) is 18.2 Å². The second kappa shape index (κ2) is 6.22. The monoisotopic (exact) mass is 340 g/mol. The summed E-state index contributed by atoms with van der Waals surface area (Å²) in [4.78, 5) is 13.4. The molecule has 2 aromatic rings. The van der Waals surface area contributed by atoms with Gasteiger partial charge in [-0.15, -0.1) is 0 Å². The number of ether oxygens (including phenoxy) is 1. The molecule has 2 heterocycles. The Balaban J connectivity index is 1.80. The molecule has 9 nitrogen and oxygen atoms in total.